The minimum Gasteiger partial charge on any atom is -0.493 e. The summed E-state index contributed by atoms with van der Waals surface area (Å²) in [7, 11) is 3.03. The zero-order valence-electron chi connectivity index (χ0n) is 22.2. The van der Waals surface area contributed by atoms with Crippen molar-refractivity contribution in [3.63, 3.8) is 0 Å². The molecule has 1 saturated carbocycles. The van der Waals surface area contributed by atoms with E-state index in [1.54, 1.807) is 18.2 Å². The minimum atomic E-state index is -0.691. The molecule has 1 aliphatic carbocycles. The van der Waals surface area contributed by atoms with Crippen LogP contribution in [0.4, 0.5) is 20.2 Å². The van der Waals surface area contributed by atoms with Crippen molar-refractivity contribution >= 4 is 34.1 Å². The zero-order valence-corrected chi connectivity index (χ0v) is 22.2. The molecule has 1 aromatic heterocycles. The summed E-state index contributed by atoms with van der Waals surface area (Å²) in [6, 6.07) is 14.5. The van der Waals surface area contributed by atoms with Crippen LogP contribution in [0.5, 0.6) is 23.0 Å². The number of methoxy groups -OCH3 is 2. The quantitative estimate of drug-likeness (QED) is 0.274. The lowest BCUT2D eigenvalue weighted by Gasteiger charge is -2.13. The van der Waals surface area contributed by atoms with Crippen LogP contribution in [0.25, 0.3) is 10.9 Å². The van der Waals surface area contributed by atoms with Gasteiger partial charge in [0.15, 0.2) is 23.1 Å². The smallest absolute Gasteiger partial charge is 0.228 e. The lowest BCUT2D eigenvalue weighted by Crippen LogP contribution is -2.20. The van der Waals surface area contributed by atoms with Crippen LogP contribution in [0.1, 0.15) is 13.8 Å². The molecule has 0 radical (unpaired) electrons. The molecule has 2 atom stereocenters. The maximum Gasteiger partial charge on any atom is 0.228 e. The van der Waals surface area contributed by atoms with E-state index in [2.05, 4.69) is 15.6 Å². The molecule has 40 heavy (non-hydrogen) atoms. The van der Waals surface area contributed by atoms with Crippen molar-refractivity contribution in [2.45, 2.75) is 13.8 Å². The van der Waals surface area contributed by atoms with Crippen LogP contribution in [-0.2, 0) is 9.59 Å². The lowest BCUT2D eigenvalue weighted by atomic mass is 10.1. The summed E-state index contributed by atoms with van der Waals surface area (Å²) < 4.78 is 44.8. The third-order valence-electron chi connectivity index (χ3n) is 7.13. The van der Waals surface area contributed by atoms with Crippen molar-refractivity contribution in [3.8, 4) is 23.0 Å². The van der Waals surface area contributed by atoms with E-state index >= 15 is 4.39 Å². The molecule has 0 spiro atoms. The van der Waals surface area contributed by atoms with Crippen molar-refractivity contribution in [3.05, 3.63) is 78.5 Å². The molecule has 10 heteroatoms. The van der Waals surface area contributed by atoms with Crippen LogP contribution in [0.2, 0.25) is 0 Å². The first-order valence-electron chi connectivity index (χ1n) is 12.5. The fourth-order valence-electron chi connectivity index (χ4n) is 4.91. The van der Waals surface area contributed by atoms with Gasteiger partial charge in [-0.05, 0) is 53.9 Å². The van der Waals surface area contributed by atoms with Crippen LogP contribution in [0.15, 0.2) is 66.9 Å². The number of nitrogens with zero attached hydrogens (tertiary/aromatic N) is 1. The Labute approximate surface area is 229 Å². The number of ether oxygens (including phenoxy) is 3. The highest BCUT2D eigenvalue weighted by Crippen LogP contribution is 2.59. The SMILES string of the molecule is COc1cc2nccc(Oc3ccc(NC(=O)[C@@H]4[C@H](C(=O)Nc5ccc(F)cc5)C4(C)C)cc3F)c2cc1OC. The molecule has 8 nitrogen and oxygen atoms in total. The number of halogens is 2. The monoisotopic (exact) mass is 547 g/mol. The first-order chi connectivity index (χ1) is 19.1. The predicted octanol–water partition coefficient (Wildman–Crippen LogP) is 6.17. The summed E-state index contributed by atoms with van der Waals surface area (Å²) in [5.74, 6) is -1.80. The molecule has 1 aliphatic rings. The predicted molar refractivity (Wildman–Crippen MR) is 146 cm³/mol. The standard InChI is InChI=1S/C30H27F2N3O5/c1-30(2)26(28(36)34-17-7-5-16(31)6-8-17)27(30)29(37)35-18-9-10-23(20(32)13-18)40-22-11-12-33-21-15-25(39-4)24(38-3)14-19(21)22/h5-15,26-27H,1-4H3,(H,34,36)(H,35,37)/t26-,27+/m1/s1. The maximum atomic E-state index is 15.1. The minimum absolute atomic E-state index is 0.0522. The van der Waals surface area contributed by atoms with Gasteiger partial charge in [-0.2, -0.15) is 0 Å². The van der Waals surface area contributed by atoms with E-state index in [-0.39, 0.29) is 17.3 Å². The number of aromatic nitrogens is 1. The highest BCUT2D eigenvalue weighted by Gasteiger charge is 2.65. The Balaban J connectivity index is 1.28. The van der Waals surface area contributed by atoms with E-state index < -0.39 is 34.8 Å². The number of carbonyl (C=O) groups is 2. The molecule has 1 heterocycles. The first kappa shape index (κ1) is 26.9. The van der Waals surface area contributed by atoms with Gasteiger partial charge in [0.25, 0.3) is 0 Å². The number of rotatable bonds is 8. The molecular formula is C30H27F2N3O5. The number of fused-ring (bicyclic) bond motifs is 1. The number of hydrogen-bond donors (Lipinski definition) is 2. The highest BCUT2D eigenvalue weighted by molar-refractivity contribution is 6.04. The van der Waals surface area contributed by atoms with Crippen molar-refractivity contribution < 1.29 is 32.6 Å². The number of amides is 2. The second kappa shape index (κ2) is 10.4. The third kappa shape index (κ3) is 5.12. The van der Waals surface area contributed by atoms with Gasteiger partial charge >= 0.3 is 0 Å². The Kier molecular flexibility index (Phi) is 7.01. The molecule has 0 saturated heterocycles. The van der Waals surface area contributed by atoms with Crippen molar-refractivity contribution in [2.24, 2.45) is 17.3 Å². The average Bonchev–Trinajstić information content (AvgIpc) is 3.52. The molecule has 2 N–H and O–H groups in total. The second-order valence-corrected chi connectivity index (χ2v) is 10.0. The van der Waals surface area contributed by atoms with Crippen molar-refractivity contribution in [1.29, 1.82) is 0 Å². The first-order valence-corrected chi connectivity index (χ1v) is 12.5. The van der Waals surface area contributed by atoms with Gasteiger partial charge in [-0.1, -0.05) is 13.8 Å². The number of anilines is 2. The Morgan fingerprint density at radius 2 is 1.38 bits per heavy atom. The van der Waals surface area contributed by atoms with E-state index in [1.165, 1.54) is 56.8 Å². The van der Waals surface area contributed by atoms with Gasteiger partial charge in [-0.15, -0.1) is 0 Å². The molecule has 0 aliphatic heterocycles. The fraction of sp³-hybridized carbons (Fsp3) is 0.233. The largest absolute Gasteiger partial charge is 0.493 e. The Hall–Kier alpha value is -4.73. The summed E-state index contributed by atoms with van der Waals surface area (Å²) in [4.78, 5) is 30.1. The molecule has 0 unspecified atom stereocenters. The van der Waals surface area contributed by atoms with E-state index in [9.17, 15) is 14.0 Å². The Bertz CT molecular complexity index is 1610. The lowest BCUT2D eigenvalue weighted by molar-refractivity contribution is -0.122. The van der Waals surface area contributed by atoms with E-state index in [0.717, 1.165) is 6.07 Å². The normalized spacial score (nSPS) is 17.1. The van der Waals surface area contributed by atoms with Crippen LogP contribution in [0.3, 0.4) is 0 Å². The van der Waals surface area contributed by atoms with Crippen LogP contribution < -0.4 is 24.8 Å². The number of nitrogens with one attached hydrogen (secondary N) is 2. The van der Waals surface area contributed by atoms with Gasteiger partial charge < -0.3 is 24.8 Å². The van der Waals surface area contributed by atoms with Crippen LogP contribution >= 0.6 is 0 Å². The second-order valence-electron chi connectivity index (χ2n) is 10.0. The summed E-state index contributed by atoms with van der Waals surface area (Å²) >= 11 is 0. The summed E-state index contributed by atoms with van der Waals surface area (Å²) in [6.07, 6.45) is 1.54. The van der Waals surface area contributed by atoms with E-state index in [1.807, 2.05) is 13.8 Å². The average molecular weight is 548 g/mol. The van der Waals surface area contributed by atoms with Crippen LogP contribution in [-0.4, -0.2) is 31.0 Å². The van der Waals surface area contributed by atoms with Gasteiger partial charge in [0.1, 0.15) is 11.6 Å². The van der Waals surface area contributed by atoms with Gasteiger partial charge in [0.2, 0.25) is 11.8 Å². The maximum absolute atomic E-state index is 15.1. The molecule has 0 bridgehead atoms. The van der Waals surface area contributed by atoms with E-state index in [4.69, 9.17) is 14.2 Å². The molecule has 206 valence electrons. The van der Waals surface area contributed by atoms with Gasteiger partial charge in [-0.25, -0.2) is 8.78 Å². The fourth-order valence-corrected chi connectivity index (χ4v) is 4.91. The third-order valence-corrected chi connectivity index (χ3v) is 7.13. The van der Waals surface area contributed by atoms with Gasteiger partial charge in [0.05, 0.1) is 31.6 Å². The molecule has 5 rings (SSSR count). The van der Waals surface area contributed by atoms with Gasteiger partial charge in [0, 0.05) is 35.1 Å². The number of hydrogen-bond acceptors (Lipinski definition) is 6. The molecule has 3 aromatic carbocycles. The summed E-state index contributed by atoms with van der Waals surface area (Å²) in [6.45, 7) is 3.63. The molecular weight excluding hydrogens is 520 g/mol. The Morgan fingerprint density at radius 3 is 2.00 bits per heavy atom. The van der Waals surface area contributed by atoms with Crippen molar-refractivity contribution in [1.82, 2.24) is 4.98 Å². The van der Waals surface area contributed by atoms with Crippen molar-refractivity contribution in [2.75, 3.05) is 24.9 Å². The summed E-state index contributed by atoms with van der Waals surface area (Å²) in [5, 5.41) is 6.02. The topological polar surface area (TPSA) is 98.8 Å². The van der Waals surface area contributed by atoms with Gasteiger partial charge in [-0.3, -0.25) is 14.6 Å². The van der Waals surface area contributed by atoms with E-state index in [0.29, 0.717) is 33.8 Å². The molecule has 4 aromatic rings. The summed E-state index contributed by atoms with van der Waals surface area (Å²) in [5.41, 5.74) is 0.623. The highest BCUT2D eigenvalue weighted by atomic mass is 19.1. The molecule has 2 amide bonds. The zero-order chi connectivity index (χ0) is 28.6. The number of carbonyl (C=O) groups excluding carboxylic acids is 2. The number of pyridine rings is 1. The number of benzene rings is 3. The molecule has 1 fully saturated rings. The van der Waals surface area contributed by atoms with Crippen LogP contribution in [0, 0.1) is 28.9 Å². The Morgan fingerprint density at radius 1 is 0.775 bits per heavy atom.